The normalized spacial score (nSPS) is 12.1. The van der Waals surface area contributed by atoms with Gasteiger partial charge in [-0.05, 0) is 56.2 Å². The highest BCUT2D eigenvalue weighted by Gasteiger charge is 2.30. The van der Waals surface area contributed by atoms with E-state index in [0.29, 0.717) is 28.6 Å². The molecule has 0 radical (unpaired) electrons. The Balaban J connectivity index is 2.41. The average molecular weight is 496 g/mol. The summed E-state index contributed by atoms with van der Waals surface area (Å²) >= 11 is 6.19. The van der Waals surface area contributed by atoms with Crippen molar-refractivity contribution in [3.63, 3.8) is 0 Å². The van der Waals surface area contributed by atoms with Gasteiger partial charge in [0.05, 0.1) is 19.1 Å². The Labute approximate surface area is 200 Å². The van der Waals surface area contributed by atoms with Crippen molar-refractivity contribution in [1.82, 2.24) is 10.2 Å². The van der Waals surface area contributed by atoms with Gasteiger partial charge in [0.1, 0.15) is 18.3 Å². The Kier molecular flexibility index (Phi) is 9.13. The third-order valence-electron chi connectivity index (χ3n) is 5.22. The minimum atomic E-state index is -3.81. The summed E-state index contributed by atoms with van der Waals surface area (Å²) in [5.41, 5.74) is 1.62. The summed E-state index contributed by atoms with van der Waals surface area (Å²) in [7, 11) is -2.26. The molecule has 8 nitrogen and oxygen atoms in total. The quantitative estimate of drug-likeness (QED) is 0.546. The number of carbonyl (C=O) groups is 2. The molecular weight excluding hydrogens is 466 g/mol. The summed E-state index contributed by atoms with van der Waals surface area (Å²) in [6.07, 6.45) is 1.03. The molecule has 10 heteroatoms. The summed E-state index contributed by atoms with van der Waals surface area (Å²) in [6, 6.07) is 11.1. The van der Waals surface area contributed by atoms with E-state index in [9.17, 15) is 18.0 Å². The van der Waals surface area contributed by atoms with Crippen molar-refractivity contribution in [2.75, 3.05) is 30.8 Å². The van der Waals surface area contributed by atoms with Gasteiger partial charge in [-0.2, -0.15) is 0 Å². The number of hydrogen-bond donors (Lipinski definition) is 1. The van der Waals surface area contributed by atoms with Gasteiger partial charge in [0, 0.05) is 18.1 Å². The second-order valence-electron chi connectivity index (χ2n) is 7.59. The number of amides is 2. The molecule has 33 heavy (non-hydrogen) atoms. The molecule has 2 aromatic rings. The number of anilines is 1. The summed E-state index contributed by atoms with van der Waals surface area (Å²) in [4.78, 5) is 27.4. The second kappa shape index (κ2) is 11.4. The number of likely N-dealkylation sites (N-methyl/N-ethyl adjacent to an activating group) is 1. The molecule has 0 aliphatic rings. The maximum atomic E-state index is 13.4. The first kappa shape index (κ1) is 26.5. The van der Waals surface area contributed by atoms with Crippen LogP contribution in [0.15, 0.2) is 42.5 Å². The van der Waals surface area contributed by atoms with Crippen LogP contribution >= 0.6 is 11.6 Å². The first-order chi connectivity index (χ1) is 15.5. The van der Waals surface area contributed by atoms with E-state index in [2.05, 4.69) is 5.32 Å². The van der Waals surface area contributed by atoms with Gasteiger partial charge >= 0.3 is 0 Å². The van der Waals surface area contributed by atoms with Gasteiger partial charge in [-0.3, -0.25) is 13.9 Å². The number of carbonyl (C=O) groups excluding carboxylic acids is 2. The third kappa shape index (κ3) is 6.85. The third-order valence-corrected chi connectivity index (χ3v) is 6.75. The van der Waals surface area contributed by atoms with Crippen molar-refractivity contribution >= 4 is 39.1 Å². The van der Waals surface area contributed by atoms with Gasteiger partial charge in [-0.25, -0.2) is 8.42 Å². The van der Waals surface area contributed by atoms with Crippen LogP contribution in [0.3, 0.4) is 0 Å². The predicted molar refractivity (Wildman–Crippen MR) is 130 cm³/mol. The van der Waals surface area contributed by atoms with Gasteiger partial charge in [-0.15, -0.1) is 0 Å². The van der Waals surface area contributed by atoms with Crippen molar-refractivity contribution in [2.45, 2.75) is 33.4 Å². The maximum Gasteiger partial charge on any atom is 0.244 e. The van der Waals surface area contributed by atoms with Gasteiger partial charge in [0.15, 0.2) is 0 Å². The predicted octanol–water partition coefficient (Wildman–Crippen LogP) is 2.98. The number of sulfonamides is 1. The van der Waals surface area contributed by atoms with Crippen LogP contribution in [-0.2, 0) is 26.2 Å². The van der Waals surface area contributed by atoms with Crippen LogP contribution in [-0.4, -0.2) is 57.6 Å². The zero-order valence-electron chi connectivity index (χ0n) is 19.5. The number of nitrogens with one attached hydrogen (secondary N) is 1. The van der Waals surface area contributed by atoms with E-state index in [4.69, 9.17) is 16.3 Å². The molecule has 1 atom stereocenters. The Morgan fingerprint density at radius 3 is 2.33 bits per heavy atom. The van der Waals surface area contributed by atoms with Crippen molar-refractivity contribution in [1.29, 1.82) is 0 Å². The van der Waals surface area contributed by atoms with Gasteiger partial charge < -0.3 is 15.0 Å². The standard InChI is InChI=1S/C23H30ClN3O5S/c1-6-25-23(29)17(3)26(14-18-10-12-19(32-4)13-11-18)22(28)15-27(33(5,30)31)21-9-7-8-20(24)16(21)2/h7-13,17H,6,14-15H2,1-5H3,(H,25,29)/t17-/m0/s1. The highest BCUT2D eigenvalue weighted by Crippen LogP contribution is 2.28. The fourth-order valence-electron chi connectivity index (χ4n) is 3.29. The number of rotatable bonds is 10. The van der Waals surface area contributed by atoms with E-state index in [0.717, 1.165) is 16.1 Å². The van der Waals surface area contributed by atoms with Crippen LogP contribution in [0.1, 0.15) is 25.0 Å². The first-order valence-corrected chi connectivity index (χ1v) is 12.6. The fourth-order valence-corrected chi connectivity index (χ4v) is 4.36. The lowest BCUT2D eigenvalue weighted by Crippen LogP contribution is -2.51. The molecule has 0 saturated carbocycles. The van der Waals surface area contributed by atoms with Crippen LogP contribution in [0, 0.1) is 6.92 Å². The smallest absolute Gasteiger partial charge is 0.244 e. The van der Waals surface area contributed by atoms with Gasteiger partial charge in [0.25, 0.3) is 0 Å². The Bertz CT molecular complexity index is 1090. The molecule has 0 fully saturated rings. The minimum absolute atomic E-state index is 0.118. The number of ether oxygens (including phenoxy) is 1. The van der Waals surface area contributed by atoms with E-state index < -0.39 is 28.5 Å². The summed E-state index contributed by atoms with van der Waals surface area (Å²) in [5.74, 6) is -0.188. The lowest BCUT2D eigenvalue weighted by molar-refractivity contribution is -0.139. The average Bonchev–Trinajstić information content (AvgIpc) is 2.77. The van der Waals surface area contributed by atoms with Crippen LogP contribution in [0.4, 0.5) is 5.69 Å². The van der Waals surface area contributed by atoms with Crippen molar-refractivity contribution < 1.29 is 22.7 Å². The largest absolute Gasteiger partial charge is 0.497 e. The van der Waals surface area contributed by atoms with Crippen LogP contribution in [0.2, 0.25) is 5.02 Å². The fraction of sp³-hybridized carbons (Fsp3) is 0.391. The number of halogens is 1. The lowest BCUT2D eigenvalue weighted by Gasteiger charge is -2.32. The van der Waals surface area contributed by atoms with Crippen molar-refractivity contribution in [3.8, 4) is 5.75 Å². The van der Waals surface area contributed by atoms with E-state index in [1.807, 2.05) is 0 Å². The zero-order chi connectivity index (χ0) is 24.8. The van der Waals surface area contributed by atoms with E-state index in [1.165, 1.54) is 4.90 Å². The van der Waals surface area contributed by atoms with E-state index in [-0.39, 0.29) is 12.5 Å². The van der Waals surface area contributed by atoms with Crippen LogP contribution in [0.25, 0.3) is 0 Å². The first-order valence-electron chi connectivity index (χ1n) is 10.4. The second-order valence-corrected chi connectivity index (χ2v) is 9.91. The van der Waals surface area contributed by atoms with Gasteiger partial charge in [-0.1, -0.05) is 29.8 Å². The van der Waals surface area contributed by atoms with Crippen molar-refractivity contribution in [3.05, 3.63) is 58.6 Å². The molecule has 2 rings (SSSR count). The summed E-state index contributed by atoms with van der Waals surface area (Å²) in [6.45, 7) is 5.14. The molecule has 1 N–H and O–H groups in total. The van der Waals surface area contributed by atoms with Crippen LogP contribution < -0.4 is 14.4 Å². The monoisotopic (exact) mass is 495 g/mol. The molecule has 0 aliphatic heterocycles. The molecular formula is C23H30ClN3O5S. The number of nitrogens with zero attached hydrogens (tertiary/aromatic N) is 2. The highest BCUT2D eigenvalue weighted by atomic mass is 35.5. The molecule has 0 unspecified atom stereocenters. The van der Waals surface area contributed by atoms with Crippen LogP contribution in [0.5, 0.6) is 5.75 Å². The number of hydrogen-bond acceptors (Lipinski definition) is 5. The lowest BCUT2D eigenvalue weighted by atomic mass is 10.1. The van der Waals surface area contributed by atoms with Gasteiger partial charge in [0.2, 0.25) is 21.8 Å². The van der Waals surface area contributed by atoms with E-state index in [1.54, 1.807) is 70.3 Å². The Hall–Kier alpha value is -2.78. The van der Waals surface area contributed by atoms with E-state index >= 15 is 0 Å². The van der Waals surface area contributed by atoms with Crippen molar-refractivity contribution in [2.24, 2.45) is 0 Å². The highest BCUT2D eigenvalue weighted by molar-refractivity contribution is 7.92. The topological polar surface area (TPSA) is 96.0 Å². The SMILES string of the molecule is CCNC(=O)[C@H](C)N(Cc1ccc(OC)cc1)C(=O)CN(c1cccc(Cl)c1C)S(C)(=O)=O. The molecule has 2 amide bonds. The Morgan fingerprint density at radius 2 is 1.79 bits per heavy atom. The maximum absolute atomic E-state index is 13.4. The molecule has 180 valence electrons. The zero-order valence-corrected chi connectivity index (χ0v) is 21.0. The Morgan fingerprint density at radius 1 is 1.15 bits per heavy atom. The molecule has 0 aliphatic carbocycles. The number of benzene rings is 2. The minimum Gasteiger partial charge on any atom is -0.497 e. The molecule has 2 aromatic carbocycles. The molecule has 0 heterocycles. The molecule has 0 bridgehead atoms. The number of methoxy groups -OCH3 is 1. The molecule has 0 spiro atoms. The summed E-state index contributed by atoms with van der Waals surface area (Å²) < 4.78 is 31.4. The molecule has 0 aromatic heterocycles. The summed E-state index contributed by atoms with van der Waals surface area (Å²) in [5, 5.41) is 3.10. The molecule has 0 saturated heterocycles.